The number of carbonyl (C=O) groups is 2. The van der Waals surface area contributed by atoms with Gasteiger partial charge in [0.15, 0.2) is 0 Å². The fourth-order valence-electron chi connectivity index (χ4n) is 1.34. The van der Waals surface area contributed by atoms with Crippen molar-refractivity contribution in [3.63, 3.8) is 0 Å². The molecule has 0 saturated heterocycles. The standard InChI is InChI=1S/C13H20N4O2/c1-17(2)9-8-14-12(18)10-15-13(19)16-11-6-4-3-5-7-11/h3-7H,8-10H2,1-2H3,(H,14,18)(H2,15,16,19). The first-order valence-electron chi connectivity index (χ1n) is 6.09. The van der Waals surface area contributed by atoms with Gasteiger partial charge in [-0.1, -0.05) is 18.2 Å². The Kier molecular flexibility index (Phi) is 6.38. The summed E-state index contributed by atoms with van der Waals surface area (Å²) in [5, 5.41) is 7.84. The van der Waals surface area contributed by atoms with Crippen molar-refractivity contribution < 1.29 is 9.59 Å². The lowest BCUT2D eigenvalue weighted by molar-refractivity contribution is -0.120. The van der Waals surface area contributed by atoms with Gasteiger partial charge in [-0.15, -0.1) is 0 Å². The normalized spacial score (nSPS) is 10.1. The molecule has 104 valence electrons. The molecule has 0 unspecified atom stereocenters. The smallest absolute Gasteiger partial charge is 0.319 e. The summed E-state index contributed by atoms with van der Waals surface area (Å²) in [6.07, 6.45) is 0. The number of carbonyl (C=O) groups excluding carboxylic acids is 2. The molecule has 1 aromatic carbocycles. The number of nitrogens with zero attached hydrogens (tertiary/aromatic N) is 1. The van der Waals surface area contributed by atoms with Gasteiger partial charge in [0.05, 0.1) is 6.54 Å². The van der Waals surface area contributed by atoms with Crippen molar-refractivity contribution in [3.8, 4) is 0 Å². The van der Waals surface area contributed by atoms with Crippen molar-refractivity contribution in [2.24, 2.45) is 0 Å². The third kappa shape index (κ3) is 7.05. The van der Waals surface area contributed by atoms with Crippen molar-refractivity contribution >= 4 is 17.6 Å². The van der Waals surface area contributed by atoms with E-state index in [-0.39, 0.29) is 12.5 Å². The van der Waals surface area contributed by atoms with Crippen LogP contribution in [0.4, 0.5) is 10.5 Å². The van der Waals surface area contributed by atoms with Crippen LogP contribution < -0.4 is 16.0 Å². The molecule has 0 radical (unpaired) electrons. The lowest BCUT2D eigenvalue weighted by Gasteiger charge is -2.11. The molecule has 0 spiro atoms. The maximum Gasteiger partial charge on any atom is 0.319 e. The number of urea groups is 1. The highest BCUT2D eigenvalue weighted by Crippen LogP contribution is 2.03. The van der Waals surface area contributed by atoms with Gasteiger partial charge in [-0.3, -0.25) is 4.79 Å². The minimum Gasteiger partial charge on any atom is -0.353 e. The molecule has 0 fully saturated rings. The van der Waals surface area contributed by atoms with Crippen LogP contribution in [0, 0.1) is 0 Å². The maximum atomic E-state index is 11.5. The summed E-state index contributed by atoms with van der Waals surface area (Å²) in [7, 11) is 3.86. The van der Waals surface area contributed by atoms with E-state index < -0.39 is 6.03 Å². The Morgan fingerprint density at radius 3 is 2.42 bits per heavy atom. The molecule has 1 rings (SSSR count). The summed E-state index contributed by atoms with van der Waals surface area (Å²) < 4.78 is 0. The lowest BCUT2D eigenvalue weighted by atomic mass is 10.3. The molecule has 19 heavy (non-hydrogen) atoms. The number of amides is 3. The van der Waals surface area contributed by atoms with E-state index in [0.29, 0.717) is 12.2 Å². The SMILES string of the molecule is CN(C)CCNC(=O)CNC(=O)Nc1ccccc1. The first-order valence-corrected chi connectivity index (χ1v) is 6.09. The topological polar surface area (TPSA) is 73.5 Å². The largest absolute Gasteiger partial charge is 0.353 e. The number of hydrogen-bond donors (Lipinski definition) is 3. The van der Waals surface area contributed by atoms with Gasteiger partial charge in [0.25, 0.3) is 0 Å². The fraction of sp³-hybridized carbons (Fsp3) is 0.385. The van der Waals surface area contributed by atoms with Gasteiger partial charge < -0.3 is 20.9 Å². The number of anilines is 1. The molecule has 0 aliphatic carbocycles. The summed E-state index contributed by atoms with van der Waals surface area (Å²) in [6, 6.07) is 8.66. The molecule has 0 atom stereocenters. The average molecular weight is 264 g/mol. The second-order valence-corrected chi connectivity index (χ2v) is 4.33. The van der Waals surface area contributed by atoms with E-state index >= 15 is 0 Å². The number of para-hydroxylation sites is 1. The zero-order chi connectivity index (χ0) is 14.1. The Bertz CT molecular complexity index is 406. The second-order valence-electron chi connectivity index (χ2n) is 4.33. The van der Waals surface area contributed by atoms with Crippen LogP contribution in [0.1, 0.15) is 0 Å². The highest BCUT2D eigenvalue weighted by molar-refractivity contribution is 5.92. The molecule has 6 nitrogen and oxygen atoms in total. The summed E-state index contributed by atoms with van der Waals surface area (Å²) >= 11 is 0. The van der Waals surface area contributed by atoms with Gasteiger partial charge in [0.1, 0.15) is 0 Å². The minimum atomic E-state index is -0.394. The first-order chi connectivity index (χ1) is 9.08. The number of hydrogen-bond acceptors (Lipinski definition) is 3. The van der Waals surface area contributed by atoms with Gasteiger partial charge in [0, 0.05) is 18.8 Å². The number of rotatable bonds is 6. The molecule has 0 saturated carbocycles. The van der Waals surface area contributed by atoms with Crippen LogP contribution in [0.2, 0.25) is 0 Å². The monoisotopic (exact) mass is 264 g/mol. The summed E-state index contributed by atoms with van der Waals surface area (Å²) in [4.78, 5) is 24.9. The van der Waals surface area contributed by atoms with Crippen LogP contribution in [0.5, 0.6) is 0 Å². The van der Waals surface area contributed by atoms with Gasteiger partial charge >= 0.3 is 6.03 Å². The average Bonchev–Trinajstić information content (AvgIpc) is 2.37. The predicted octanol–water partition coefficient (Wildman–Crippen LogP) is 0.486. The lowest BCUT2D eigenvalue weighted by Crippen LogP contribution is -2.40. The van der Waals surface area contributed by atoms with Crippen molar-refractivity contribution in [3.05, 3.63) is 30.3 Å². The van der Waals surface area contributed by atoms with E-state index in [9.17, 15) is 9.59 Å². The van der Waals surface area contributed by atoms with Crippen LogP contribution in [0.15, 0.2) is 30.3 Å². The maximum absolute atomic E-state index is 11.5. The van der Waals surface area contributed by atoms with Gasteiger partial charge in [-0.2, -0.15) is 0 Å². The zero-order valence-corrected chi connectivity index (χ0v) is 11.3. The highest BCUT2D eigenvalue weighted by atomic mass is 16.2. The third-order valence-electron chi connectivity index (χ3n) is 2.32. The summed E-state index contributed by atoms with van der Waals surface area (Å²) in [6.45, 7) is 1.29. The Hall–Kier alpha value is -2.08. The molecule has 0 aliphatic heterocycles. The van der Waals surface area contributed by atoms with Crippen LogP contribution in [-0.2, 0) is 4.79 Å². The molecule has 3 amide bonds. The third-order valence-corrected chi connectivity index (χ3v) is 2.32. The summed E-state index contributed by atoms with van der Waals surface area (Å²) in [5.74, 6) is -0.204. The van der Waals surface area contributed by atoms with Crippen molar-refractivity contribution in [2.75, 3.05) is 39.0 Å². The van der Waals surface area contributed by atoms with Crippen LogP contribution in [0.3, 0.4) is 0 Å². The molecular formula is C13H20N4O2. The van der Waals surface area contributed by atoms with Gasteiger partial charge in [-0.05, 0) is 26.2 Å². The summed E-state index contributed by atoms with van der Waals surface area (Å²) in [5.41, 5.74) is 0.688. The first kappa shape index (κ1) is 15.0. The van der Waals surface area contributed by atoms with Crippen molar-refractivity contribution in [1.82, 2.24) is 15.5 Å². The van der Waals surface area contributed by atoms with E-state index in [0.717, 1.165) is 6.54 Å². The minimum absolute atomic E-state index is 0.0356. The Balaban J connectivity index is 2.18. The van der Waals surface area contributed by atoms with Crippen molar-refractivity contribution in [1.29, 1.82) is 0 Å². The van der Waals surface area contributed by atoms with E-state index in [1.807, 2.05) is 37.2 Å². The molecule has 1 aromatic rings. The van der Waals surface area contributed by atoms with E-state index in [1.54, 1.807) is 12.1 Å². The van der Waals surface area contributed by atoms with Crippen LogP contribution >= 0.6 is 0 Å². The molecule has 0 heterocycles. The number of likely N-dealkylation sites (N-methyl/N-ethyl adjacent to an activating group) is 1. The van der Waals surface area contributed by atoms with E-state index in [1.165, 1.54) is 0 Å². The van der Waals surface area contributed by atoms with Crippen LogP contribution in [-0.4, -0.2) is 50.6 Å². The number of nitrogens with one attached hydrogen (secondary N) is 3. The van der Waals surface area contributed by atoms with Gasteiger partial charge in [-0.25, -0.2) is 4.79 Å². The molecule has 0 aliphatic rings. The highest BCUT2D eigenvalue weighted by Gasteiger charge is 2.04. The van der Waals surface area contributed by atoms with E-state index in [4.69, 9.17) is 0 Å². The Morgan fingerprint density at radius 1 is 1.11 bits per heavy atom. The zero-order valence-electron chi connectivity index (χ0n) is 11.3. The second kappa shape index (κ2) is 8.10. The quantitative estimate of drug-likeness (QED) is 0.700. The molecule has 6 heteroatoms. The van der Waals surface area contributed by atoms with Crippen LogP contribution in [0.25, 0.3) is 0 Å². The van der Waals surface area contributed by atoms with Crippen molar-refractivity contribution in [2.45, 2.75) is 0 Å². The molecular weight excluding hydrogens is 244 g/mol. The predicted molar refractivity (Wildman–Crippen MR) is 75.0 cm³/mol. The molecule has 0 bridgehead atoms. The molecule has 3 N–H and O–H groups in total. The number of benzene rings is 1. The Labute approximate surface area is 113 Å². The molecule has 0 aromatic heterocycles. The Morgan fingerprint density at radius 2 is 1.79 bits per heavy atom. The van der Waals surface area contributed by atoms with E-state index in [2.05, 4.69) is 16.0 Å². The fourth-order valence-corrected chi connectivity index (χ4v) is 1.34. The van der Waals surface area contributed by atoms with Gasteiger partial charge in [0.2, 0.25) is 5.91 Å².